The Kier molecular flexibility index (Phi) is 5.09. The summed E-state index contributed by atoms with van der Waals surface area (Å²) in [6, 6.07) is 5.53. The molecule has 1 aliphatic heterocycles. The second-order valence-electron chi connectivity index (χ2n) is 4.93. The van der Waals surface area contributed by atoms with Crippen molar-refractivity contribution in [2.24, 2.45) is 5.92 Å². The molecule has 2 heterocycles. The van der Waals surface area contributed by atoms with E-state index in [2.05, 4.69) is 4.98 Å². The highest BCUT2D eigenvalue weighted by Gasteiger charge is 2.29. The van der Waals surface area contributed by atoms with Crippen molar-refractivity contribution in [3.05, 3.63) is 30.1 Å². The second-order valence-corrected chi connectivity index (χ2v) is 4.93. The van der Waals surface area contributed by atoms with Crippen LogP contribution in [0.4, 0.5) is 0 Å². The van der Waals surface area contributed by atoms with Crippen LogP contribution in [0.25, 0.3) is 0 Å². The van der Waals surface area contributed by atoms with E-state index in [-0.39, 0.29) is 24.2 Å². The van der Waals surface area contributed by atoms with Gasteiger partial charge in [0, 0.05) is 25.0 Å². The van der Waals surface area contributed by atoms with Crippen LogP contribution in [0.2, 0.25) is 0 Å². The minimum atomic E-state index is -0.192. The van der Waals surface area contributed by atoms with E-state index >= 15 is 0 Å². The standard InChI is InChI=1S/C15H20N2O3/c1-2-20-15(19)12-6-5-9-17(11-12)14(18)10-13-7-3-4-8-16-13/h3-4,7-8,12H,2,5-6,9-11H2,1H3/t12-/m0/s1. The molecule has 0 unspecified atom stereocenters. The molecular weight excluding hydrogens is 256 g/mol. The molecule has 1 aromatic heterocycles. The summed E-state index contributed by atoms with van der Waals surface area (Å²) in [6.45, 7) is 3.36. The first kappa shape index (κ1) is 14.5. The van der Waals surface area contributed by atoms with Gasteiger partial charge in [0.05, 0.1) is 18.9 Å². The summed E-state index contributed by atoms with van der Waals surface area (Å²) in [7, 11) is 0. The molecule has 0 bridgehead atoms. The second kappa shape index (κ2) is 7.03. The number of likely N-dealkylation sites (tertiary alicyclic amines) is 1. The van der Waals surface area contributed by atoms with E-state index in [1.165, 1.54) is 0 Å². The summed E-state index contributed by atoms with van der Waals surface area (Å²) < 4.78 is 5.04. The largest absolute Gasteiger partial charge is 0.466 e. The first-order chi connectivity index (χ1) is 9.70. The lowest BCUT2D eigenvalue weighted by molar-refractivity contribution is -0.151. The van der Waals surface area contributed by atoms with Crippen LogP contribution in [-0.4, -0.2) is 41.5 Å². The predicted octanol–water partition coefficient (Wildman–Crippen LogP) is 1.43. The molecule has 20 heavy (non-hydrogen) atoms. The molecule has 2 rings (SSSR count). The average Bonchev–Trinajstić information content (AvgIpc) is 2.48. The van der Waals surface area contributed by atoms with Crippen molar-refractivity contribution in [1.82, 2.24) is 9.88 Å². The highest BCUT2D eigenvalue weighted by molar-refractivity contribution is 5.80. The Hall–Kier alpha value is -1.91. The Morgan fingerprint density at radius 3 is 3.00 bits per heavy atom. The van der Waals surface area contributed by atoms with Crippen molar-refractivity contribution in [1.29, 1.82) is 0 Å². The summed E-state index contributed by atoms with van der Waals surface area (Å²) in [5.41, 5.74) is 0.760. The van der Waals surface area contributed by atoms with Crippen molar-refractivity contribution in [3.63, 3.8) is 0 Å². The van der Waals surface area contributed by atoms with Crippen LogP contribution in [0.1, 0.15) is 25.5 Å². The molecular formula is C15H20N2O3. The zero-order valence-corrected chi connectivity index (χ0v) is 11.7. The smallest absolute Gasteiger partial charge is 0.310 e. The van der Waals surface area contributed by atoms with Crippen molar-refractivity contribution in [3.8, 4) is 0 Å². The van der Waals surface area contributed by atoms with Crippen LogP contribution in [0, 0.1) is 5.92 Å². The fourth-order valence-electron chi connectivity index (χ4n) is 2.43. The maximum absolute atomic E-state index is 12.2. The maximum atomic E-state index is 12.2. The lowest BCUT2D eigenvalue weighted by atomic mass is 9.98. The van der Waals surface area contributed by atoms with E-state index in [9.17, 15) is 9.59 Å². The Labute approximate surface area is 118 Å². The molecule has 0 radical (unpaired) electrons. The topological polar surface area (TPSA) is 59.5 Å². The van der Waals surface area contributed by atoms with Gasteiger partial charge in [0.2, 0.25) is 5.91 Å². The lowest BCUT2D eigenvalue weighted by Gasteiger charge is -2.31. The third-order valence-electron chi connectivity index (χ3n) is 3.45. The number of esters is 1. The molecule has 1 amide bonds. The average molecular weight is 276 g/mol. The number of pyridine rings is 1. The van der Waals surface area contributed by atoms with E-state index in [1.807, 2.05) is 18.2 Å². The Morgan fingerprint density at radius 2 is 2.30 bits per heavy atom. The van der Waals surface area contributed by atoms with Crippen LogP contribution in [-0.2, 0) is 20.7 Å². The van der Waals surface area contributed by atoms with Crippen LogP contribution in [0.5, 0.6) is 0 Å². The monoisotopic (exact) mass is 276 g/mol. The molecule has 1 saturated heterocycles. The van der Waals surface area contributed by atoms with E-state index in [4.69, 9.17) is 4.74 Å². The van der Waals surface area contributed by atoms with Gasteiger partial charge in [-0.1, -0.05) is 6.07 Å². The molecule has 1 aliphatic rings. The fraction of sp³-hybridized carbons (Fsp3) is 0.533. The number of nitrogens with zero attached hydrogens (tertiary/aromatic N) is 2. The molecule has 1 fully saturated rings. The molecule has 0 aliphatic carbocycles. The molecule has 0 aromatic carbocycles. The predicted molar refractivity (Wildman–Crippen MR) is 73.9 cm³/mol. The maximum Gasteiger partial charge on any atom is 0.310 e. The number of piperidine rings is 1. The van der Waals surface area contributed by atoms with Crippen LogP contribution in [0.3, 0.4) is 0 Å². The van der Waals surface area contributed by atoms with Crippen LogP contribution < -0.4 is 0 Å². The third-order valence-corrected chi connectivity index (χ3v) is 3.45. The number of aromatic nitrogens is 1. The van der Waals surface area contributed by atoms with E-state index in [1.54, 1.807) is 18.0 Å². The highest BCUT2D eigenvalue weighted by atomic mass is 16.5. The Bertz CT molecular complexity index is 461. The van der Waals surface area contributed by atoms with Crippen molar-refractivity contribution in [2.75, 3.05) is 19.7 Å². The summed E-state index contributed by atoms with van der Waals surface area (Å²) in [6.07, 6.45) is 3.61. The zero-order valence-electron chi connectivity index (χ0n) is 11.7. The van der Waals surface area contributed by atoms with Crippen molar-refractivity contribution >= 4 is 11.9 Å². The normalized spacial score (nSPS) is 18.6. The molecule has 1 aromatic rings. The van der Waals surface area contributed by atoms with Gasteiger partial charge in [-0.3, -0.25) is 14.6 Å². The van der Waals surface area contributed by atoms with Gasteiger partial charge in [0.25, 0.3) is 0 Å². The summed E-state index contributed by atoms with van der Waals surface area (Å²) in [5, 5.41) is 0. The number of amides is 1. The molecule has 108 valence electrons. The van der Waals surface area contributed by atoms with Crippen LogP contribution in [0.15, 0.2) is 24.4 Å². The molecule has 5 heteroatoms. The number of hydrogen-bond donors (Lipinski definition) is 0. The van der Waals surface area contributed by atoms with Gasteiger partial charge in [-0.15, -0.1) is 0 Å². The van der Waals surface area contributed by atoms with Gasteiger partial charge in [-0.05, 0) is 31.9 Å². The molecule has 0 spiro atoms. The molecule has 0 N–H and O–H groups in total. The van der Waals surface area contributed by atoms with Gasteiger partial charge >= 0.3 is 5.97 Å². The number of carbonyl (C=O) groups is 2. The van der Waals surface area contributed by atoms with Gasteiger partial charge in [-0.25, -0.2) is 0 Å². The highest BCUT2D eigenvalue weighted by Crippen LogP contribution is 2.18. The summed E-state index contributed by atoms with van der Waals surface area (Å²) in [4.78, 5) is 29.9. The van der Waals surface area contributed by atoms with Gasteiger partial charge in [0.1, 0.15) is 0 Å². The first-order valence-electron chi connectivity index (χ1n) is 7.05. The number of rotatable bonds is 4. The number of hydrogen-bond acceptors (Lipinski definition) is 4. The number of ether oxygens (including phenoxy) is 1. The fourth-order valence-corrected chi connectivity index (χ4v) is 2.43. The van der Waals surface area contributed by atoms with Gasteiger partial charge in [0.15, 0.2) is 0 Å². The Balaban J connectivity index is 1.91. The summed E-state index contributed by atoms with van der Waals surface area (Å²) >= 11 is 0. The zero-order chi connectivity index (χ0) is 14.4. The quantitative estimate of drug-likeness (QED) is 0.780. The van der Waals surface area contributed by atoms with Crippen LogP contribution >= 0.6 is 0 Å². The Morgan fingerprint density at radius 1 is 1.45 bits per heavy atom. The summed E-state index contributed by atoms with van der Waals surface area (Å²) in [5.74, 6) is -0.350. The van der Waals surface area contributed by atoms with Gasteiger partial charge < -0.3 is 9.64 Å². The van der Waals surface area contributed by atoms with Crippen molar-refractivity contribution in [2.45, 2.75) is 26.2 Å². The molecule has 1 atom stereocenters. The van der Waals surface area contributed by atoms with Gasteiger partial charge in [-0.2, -0.15) is 0 Å². The lowest BCUT2D eigenvalue weighted by Crippen LogP contribution is -2.43. The SMILES string of the molecule is CCOC(=O)[C@H]1CCCN(C(=O)Cc2ccccn2)C1. The first-order valence-corrected chi connectivity index (χ1v) is 7.05. The molecule has 0 saturated carbocycles. The minimum absolute atomic E-state index is 0.0256. The minimum Gasteiger partial charge on any atom is -0.466 e. The van der Waals surface area contributed by atoms with E-state index < -0.39 is 0 Å². The third kappa shape index (κ3) is 3.79. The number of carbonyl (C=O) groups excluding carboxylic acids is 2. The molecule has 5 nitrogen and oxygen atoms in total. The van der Waals surface area contributed by atoms with E-state index in [0.717, 1.165) is 18.5 Å². The van der Waals surface area contributed by atoms with Crippen molar-refractivity contribution < 1.29 is 14.3 Å². The van der Waals surface area contributed by atoms with E-state index in [0.29, 0.717) is 19.7 Å².